The van der Waals surface area contributed by atoms with E-state index in [1.807, 2.05) is 36.4 Å². The second-order valence-electron chi connectivity index (χ2n) is 5.78. The van der Waals surface area contributed by atoms with E-state index in [9.17, 15) is 0 Å². The molecule has 3 aromatic rings. The zero-order valence-electron chi connectivity index (χ0n) is 13.4. The number of rotatable bonds is 6. The van der Waals surface area contributed by atoms with E-state index < -0.39 is 0 Å². The van der Waals surface area contributed by atoms with E-state index >= 15 is 0 Å². The van der Waals surface area contributed by atoms with Crippen LogP contribution >= 0.6 is 11.3 Å². The van der Waals surface area contributed by atoms with E-state index in [1.54, 1.807) is 24.6 Å². The molecule has 1 aliphatic rings. The van der Waals surface area contributed by atoms with Crippen LogP contribution in [0.2, 0.25) is 0 Å². The number of para-hydroxylation sites is 1. The second-order valence-corrected chi connectivity index (χ2v) is 6.73. The lowest BCUT2D eigenvalue weighted by atomic mass is 10.2. The lowest BCUT2D eigenvalue weighted by molar-refractivity contribution is 0.409. The fourth-order valence-electron chi connectivity index (χ4n) is 2.68. The molecule has 4 rings (SSSR count). The molecule has 1 aromatic carbocycles. The van der Waals surface area contributed by atoms with Crippen LogP contribution in [0.1, 0.15) is 18.4 Å². The van der Waals surface area contributed by atoms with Crippen molar-refractivity contribution in [3.8, 4) is 16.5 Å². The van der Waals surface area contributed by atoms with E-state index in [-0.39, 0.29) is 0 Å². The van der Waals surface area contributed by atoms with Gasteiger partial charge in [-0.05, 0) is 31.0 Å². The number of anilines is 1. The first-order chi connectivity index (χ1) is 11.8. The molecule has 0 aliphatic heterocycles. The number of methoxy groups -OCH3 is 1. The highest BCUT2D eigenvalue weighted by Crippen LogP contribution is 2.37. The Balaban J connectivity index is 1.61. The van der Waals surface area contributed by atoms with Gasteiger partial charge in [-0.3, -0.25) is 4.98 Å². The van der Waals surface area contributed by atoms with Crippen molar-refractivity contribution >= 4 is 16.5 Å². The highest BCUT2D eigenvalue weighted by Gasteiger charge is 2.32. The molecule has 2 aromatic heterocycles. The van der Waals surface area contributed by atoms with Crippen molar-refractivity contribution in [2.24, 2.45) is 0 Å². The fraction of sp³-hybridized carbons (Fsp3) is 0.278. The molecule has 0 amide bonds. The summed E-state index contributed by atoms with van der Waals surface area (Å²) in [6.07, 6.45) is 4.19. The van der Waals surface area contributed by atoms with Crippen molar-refractivity contribution in [2.45, 2.75) is 25.4 Å². The van der Waals surface area contributed by atoms with Gasteiger partial charge in [0.2, 0.25) is 5.13 Å². The van der Waals surface area contributed by atoms with Gasteiger partial charge in [-0.1, -0.05) is 35.6 Å². The zero-order chi connectivity index (χ0) is 16.4. The van der Waals surface area contributed by atoms with Crippen LogP contribution in [0.15, 0.2) is 48.7 Å². The molecule has 122 valence electrons. The summed E-state index contributed by atoms with van der Waals surface area (Å²) in [5, 5.41) is 10.6. The Morgan fingerprint density at radius 3 is 2.71 bits per heavy atom. The Hall–Kier alpha value is -2.47. The number of hydrogen-bond acceptors (Lipinski definition) is 6. The summed E-state index contributed by atoms with van der Waals surface area (Å²) in [4.78, 5) is 6.70. The number of hydrogen-bond donors (Lipinski definition) is 0. The SMILES string of the molecule is COc1ccccc1CN(c1nnc(-c2ccccn2)s1)C1CC1. The molecule has 2 heterocycles. The molecule has 24 heavy (non-hydrogen) atoms. The number of pyridine rings is 1. The lowest BCUT2D eigenvalue weighted by Crippen LogP contribution is -2.25. The Labute approximate surface area is 145 Å². The molecule has 5 nitrogen and oxygen atoms in total. The Kier molecular flexibility index (Phi) is 4.13. The molecule has 6 heteroatoms. The molecule has 0 unspecified atom stereocenters. The van der Waals surface area contributed by atoms with Crippen molar-refractivity contribution in [3.63, 3.8) is 0 Å². The number of benzene rings is 1. The van der Waals surface area contributed by atoms with Gasteiger partial charge < -0.3 is 9.64 Å². The predicted molar refractivity (Wildman–Crippen MR) is 95.3 cm³/mol. The van der Waals surface area contributed by atoms with Gasteiger partial charge in [0.15, 0.2) is 5.01 Å². The van der Waals surface area contributed by atoms with E-state index in [0.717, 1.165) is 28.1 Å². The highest BCUT2D eigenvalue weighted by atomic mass is 32.1. The molecule has 0 N–H and O–H groups in total. The normalized spacial score (nSPS) is 13.7. The van der Waals surface area contributed by atoms with Crippen LogP contribution in [0.5, 0.6) is 5.75 Å². The molecule has 0 atom stereocenters. The van der Waals surface area contributed by atoms with E-state index in [4.69, 9.17) is 4.74 Å². The van der Waals surface area contributed by atoms with Crippen molar-refractivity contribution in [1.82, 2.24) is 15.2 Å². The van der Waals surface area contributed by atoms with Crippen LogP contribution in [0, 0.1) is 0 Å². The van der Waals surface area contributed by atoms with Gasteiger partial charge in [0.1, 0.15) is 11.4 Å². The van der Waals surface area contributed by atoms with Crippen molar-refractivity contribution in [2.75, 3.05) is 12.0 Å². The summed E-state index contributed by atoms with van der Waals surface area (Å²) in [7, 11) is 1.71. The number of nitrogens with zero attached hydrogens (tertiary/aromatic N) is 4. The Morgan fingerprint density at radius 2 is 1.96 bits per heavy atom. The van der Waals surface area contributed by atoms with Gasteiger partial charge in [0.05, 0.1) is 7.11 Å². The molecule has 0 saturated heterocycles. The molecule has 0 spiro atoms. The van der Waals surface area contributed by atoms with Gasteiger partial charge >= 0.3 is 0 Å². The average Bonchev–Trinajstić information content (AvgIpc) is 3.37. The first-order valence-corrected chi connectivity index (χ1v) is 8.80. The third kappa shape index (κ3) is 3.10. The third-order valence-corrected chi connectivity index (χ3v) is 5.05. The molecule has 0 radical (unpaired) electrons. The topological polar surface area (TPSA) is 51.1 Å². The largest absolute Gasteiger partial charge is 0.496 e. The Bertz CT molecular complexity index is 817. The maximum Gasteiger partial charge on any atom is 0.209 e. The molecule has 1 aliphatic carbocycles. The maximum atomic E-state index is 5.49. The summed E-state index contributed by atoms with van der Waals surface area (Å²) in [6.45, 7) is 0.783. The summed E-state index contributed by atoms with van der Waals surface area (Å²) < 4.78 is 5.49. The van der Waals surface area contributed by atoms with E-state index in [1.165, 1.54) is 18.4 Å². The van der Waals surface area contributed by atoms with Crippen LogP contribution in [0.4, 0.5) is 5.13 Å². The van der Waals surface area contributed by atoms with Crippen LogP contribution in [-0.4, -0.2) is 28.3 Å². The van der Waals surface area contributed by atoms with Crippen LogP contribution in [0.3, 0.4) is 0 Å². The third-order valence-electron chi connectivity index (χ3n) is 4.06. The lowest BCUT2D eigenvalue weighted by Gasteiger charge is -2.22. The van der Waals surface area contributed by atoms with E-state index in [2.05, 4.69) is 26.1 Å². The fourth-order valence-corrected chi connectivity index (χ4v) is 3.57. The van der Waals surface area contributed by atoms with Crippen LogP contribution in [-0.2, 0) is 6.54 Å². The quantitative estimate of drug-likeness (QED) is 0.685. The summed E-state index contributed by atoms with van der Waals surface area (Å²) in [5.74, 6) is 0.914. The van der Waals surface area contributed by atoms with Gasteiger partial charge in [-0.15, -0.1) is 10.2 Å². The monoisotopic (exact) mass is 338 g/mol. The first kappa shape index (κ1) is 15.1. The number of ether oxygens (including phenoxy) is 1. The van der Waals surface area contributed by atoms with Crippen molar-refractivity contribution in [3.05, 3.63) is 54.2 Å². The minimum atomic E-state index is 0.541. The van der Waals surface area contributed by atoms with Crippen LogP contribution in [0.25, 0.3) is 10.7 Å². The zero-order valence-corrected chi connectivity index (χ0v) is 14.2. The molecular weight excluding hydrogens is 320 g/mol. The van der Waals surface area contributed by atoms with Crippen molar-refractivity contribution < 1.29 is 4.74 Å². The average molecular weight is 338 g/mol. The molecular formula is C18H18N4OS. The summed E-state index contributed by atoms with van der Waals surface area (Å²) in [5.41, 5.74) is 2.04. The van der Waals surface area contributed by atoms with Crippen LogP contribution < -0.4 is 9.64 Å². The summed E-state index contributed by atoms with van der Waals surface area (Å²) >= 11 is 1.60. The minimum Gasteiger partial charge on any atom is -0.496 e. The molecule has 1 saturated carbocycles. The minimum absolute atomic E-state index is 0.541. The van der Waals surface area contributed by atoms with Gasteiger partial charge in [0, 0.05) is 24.3 Å². The highest BCUT2D eigenvalue weighted by molar-refractivity contribution is 7.18. The van der Waals surface area contributed by atoms with Gasteiger partial charge in [0.25, 0.3) is 0 Å². The van der Waals surface area contributed by atoms with E-state index in [0.29, 0.717) is 6.04 Å². The number of aromatic nitrogens is 3. The maximum absolute atomic E-state index is 5.49. The standard InChI is InChI=1S/C18H18N4OS/c1-23-16-8-3-2-6-13(16)12-22(14-9-10-14)18-21-20-17(24-18)15-7-4-5-11-19-15/h2-8,11,14H,9-10,12H2,1H3. The first-order valence-electron chi connectivity index (χ1n) is 7.98. The Morgan fingerprint density at radius 1 is 1.12 bits per heavy atom. The smallest absolute Gasteiger partial charge is 0.209 e. The summed E-state index contributed by atoms with van der Waals surface area (Å²) in [6, 6.07) is 14.5. The predicted octanol–water partition coefficient (Wildman–Crippen LogP) is 3.78. The molecule has 0 bridgehead atoms. The molecule has 1 fully saturated rings. The van der Waals surface area contributed by atoms with Gasteiger partial charge in [-0.2, -0.15) is 0 Å². The van der Waals surface area contributed by atoms with Gasteiger partial charge in [-0.25, -0.2) is 0 Å². The second kappa shape index (κ2) is 6.57. The van der Waals surface area contributed by atoms with Crippen molar-refractivity contribution in [1.29, 1.82) is 0 Å².